The number of thiophene rings is 1. The quantitative estimate of drug-likeness (QED) is 0.848. The zero-order valence-electron chi connectivity index (χ0n) is 12.5. The largest absolute Gasteiger partial charge is 0.478 e. The van der Waals surface area contributed by atoms with E-state index in [1.807, 2.05) is 18.5 Å². The van der Waals surface area contributed by atoms with Crippen molar-refractivity contribution in [1.29, 1.82) is 0 Å². The van der Waals surface area contributed by atoms with Crippen LogP contribution in [0.3, 0.4) is 0 Å². The van der Waals surface area contributed by atoms with Crippen molar-refractivity contribution in [2.24, 2.45) is 5.41 Å². The molecular weight excluding hydrogens is 286 g/mol. The summed E-state index contributed by atoms with van der Waals surface area (Å²) in [4.78, 5) is 25.9. The molecule has 2 rings (SSSR count). The Morgan fingerprint density at radius 3 is 2.71 bits per heavy atom. The van der Waals surface area contributed by atoms with Gasteiger partial charge < -0.3 is 10.0 Å². The third-order valence-electron chi connectivity index (χ3n) is 4.06. The Morgan fingerprint density at radius 2 is 2.10 bits per heavy atom. The van der Waals surface area contributed by atoms with Crippen LogP contribution in [0, 0.1) is 5.41 Å². The SMILES string of the molecule is CN(Cc1cc(/C=C/C(=O)O)cs1)C(=O)C1(C)CCCC1. The molecule has 1 heterocycles. The molecule has 1 amide bonds. The highest BCUT2D eigenvalue weighted by molar-refractivity contribution is 7.10. The van der Waals surface area contributed by atoms with Gasteiger partial charge in [0.2, 0.25) is 5.91 Å². The van der Waals surface area contributed by atoms with E-state index in [4.69, 9.17) is 5.11 Å². The van der Waals surface area contributed by atoms with E-state index in [0.717, 1.165) is 42.2 Å². The van der Waals surface area contributed by atoms with Crippen LogP contribution in [-0.4, -0.2) is 28.9 Å². The summed E-state index contributed by atoms with van der Waals surface area (Å²) in [5, 5.41) is 10.5. The lowest BCUT2D eigenvalue weighted by atomic mass is 9.87. The maximum Gasteiger partial charge on any atom is 0.328 e. The number of hydrogen-bond donors (Lipinski definition) is 1. The Hall–Kier alpha value is -1.62. The Morgan fingerprint density at radius 1 is 1.43 bits per heavy atom. The van der Waals surface area contributed by atoms with Gasteiger partial charge in [0, 0.05) is 23.4 Å². The summed E-state index contributed by atoms with van der Waals surface area (Å²) in [7, 11) is 1.85. The Kier molecular flexibility index (Phi) is 4.83. The van der Waals surface area contributed by atoms with Gasteiger partial charge in [-0.3, -0.25) is 4.79 Å². The van der Waals surface area contributed by atoms with Gasteiger partial charge in [0.15, 0.2) is 0 Å². The van der Waals surface area contributed by atoms with E-state index in [1.165, 1.54) is 0 Å². The second-order valence-electron chi connectivity index (χ2n) is 5.95. The molecule has 5 heteroatoms. The number of carboxylic acids is 1. The molecule has 1 saturated carbocycles. The molecule has 0 aromatic carbocycles. The van der Waals surface area contributed by atoms with Crippen molar-refractivity contribution < 1.29 is 14.7 Å². The Labute approximate surface area is 129 Å². The molecule has 0 spiro atoms. The molecule has 1 fully saturated rings. The van der Waals surface area contributed by atoms with Gasteiger partial charge >= 0.3 is 5.97 Å². The topological polar surface area (TPSA) is 57.6 Å². The fraction of sp³-hybridized carbons (Fsp3) is 0.500. The van der Waals surface area contributed by atoms with Crippen LogP contribution in [0.2, 0.25) is 0 Å². The Bertz CT molecular complexity index is 556. The van der Waals surface area contributed by atoms with Crippen molar-refractivity contribution in [2.75, 3.05) is 7.05 Å². The van der Waals surface area contributed by atoms with Crippen molar-refractivity contribution >= 4 is 29.3 Å². The van der Waals surface area contributed by atoms with E-state index < -0.39 is 5.97 Å². The number of nitrogens with zero attached hydrogens (tertiary/aromatic N) is 1. The second-order valence-corrected chi connectivity index (χ2v) is 6.94. The average molecular weight is 307 g/mol. The number of aliphatic carboxylic acids is 1. The molecule has 0 unspecified atom stereocenters. The van der Waals surface area contributed by atoms with Gasteiger partial charge in [-0.05, 0) is 35.9 Å². The van der Waals surface area contributed by atoms with Gasteiger partial charge in [0.1, 0.15) is 0 Å². The molecule has 1 aliphatic carbocycles. The molecule has 114 valence electrons. The molecule has 0 bridgehead atoms. The fourth-order valence-corrected chi connectivity index (χ4v) is 3.78. The molecule has 1 aromatic rings. The van der Waals surface area contributed by atoms with Crippen LogP contribution in [0.15, 0.2) is 17.5 Å². The molecule has 0 saturated heterocycles. The standard InChI is InChI=1S/C16H21NO3S/c1-16(7-3-4-8-16)15(20)17(2)10-13-9-12(11-21-13)5-6-14(18)19/h5-6,9,11H,3-4,7-8,10H2,1-2H3,(H,18,19)/b6-5+. The molecule has 0 aliphatic heterocycles. The van der Waals surface area contributed by atoms with Crippen molar-refractivity contribution in [3.8, 4) is 0 Å². The normalized spacial score (nSPS) is 17.2. The van der Waals surface area contributed by atoms with Crippen LogP contribution in [0.1, 0.15) is 43.0 Å². The molecule has 1 aromatic heterocycles. The summed E-state index contributed by atoms with van der Waals surface area (Å²) >= 11 is 1.55. The third kappa shape index (κ3) is 3.94. The van der Waals surface area contributed by atoms with Crippen molar-refractivity contribution in [1.82, 2.24) is 4.90 Å². The highest BCUT2D eigenvalue weighted by atomic mass is 32.1. The van der Waals surface area contributed by atoms with Crippen LogP contribution >= 0.6 is 11.3 Å². The molecule has 4 nitrogen and oxygen atoms in total. The number of carbonyl (C=O) groups is 2. The van der Waals surface area contributed by atoms with E-state index >= 15 is 0 Å². The van der Waals surface area contributed by atoms with Crippen molar-refractivity contribution in [3.63, 3.8) is 0 Å². The van der Waals surface area contributed by atoms with Crippen LogP contribution in [0.4, 0.5) is 0 Å². The lowest BCUT2D eigenvalue weighted by Crippen LogP contribution is -2.38. The van der Waals surface area contributed by atoms with Crippen LogP contribution < -0.4 is 0 Å². The summed E-state index contributed by atoms with van der Waals surface area (Å²) in [6.45, 7) is 2.65. The van der Waals surface area contributed by atoms with Crippen LogP contribution in [-0.2, 0) is 16.1 Å². The van der Waals surface area contributed by atoms with Gasteiger partial charge in [-0.25, -0.2) is 4.79 Å². The first-order valence-electron chi connectivity index (χ1n) is 7.15. The van der Waals surface area contributed by atoms with E-state index in [0.29, 0.717) is 6.54 Å². The first-order chi connectivity index (χ1) is 9.90. The lowest BCUT2D eigenvalue weighted by Gasteiger charge is -2.28. The van der Waals surface area contributed by atoms with Gasteiger partial charge in [0.05, 0.1) is 6.54 Å². The summed E-state index contributed by atoms with van der Waals surface area (Å²) in [5.41, 5.74) is 0.670. The number of carbonyl (C=O) groups excluding carboxylic acids is 1. The fourth-order valence-electron chi connectivity index (χ4n) is 2.87. The molecule has 1 N–H and O–H groups in total. The van der Waals surface area contributed by atoms with E-state index in [9.17, 15) is 9.59 Å². The predicted octanol–water partition coefficient (Wildman–Crippen LogP) is 3.38. The predicted molar refractivity (Wildman–Crippen MR) is 84.0 cm³/mol. The average Bonchev–Trinajstić information content (AvgIpc) is 3.05. The van der Waals surface area contributed by atoms with Crippen molar-refractivity contribution in [3.05, 3.63) is 28.0 Å². The van der Waals surface area contributed by atoms with Gasteiger partial charge in [-0.15, -0.1) is 11.3 Å². The molecule has 1 aliphatic rings. The van der Waals surface area contributed by atoms with Gasteiger partial charge in [0.25, 0.3) is 0 Å². The maximum atomic E-state index is 12.5. The highest BCUT2D eigenvalue weighted by Gasteiger charge is 2.38. The third-order valence-corrected chi connectivity index (χ3v) is 5.00. The first kappa shape index (κ1) is 15.8. The summed E-state index contributed by atoms with van der Waals surface area (Å²) < 4.78 is 0. The lowest BCUT2D eigenvalue weighted by molar-refractivity contribution is -0.140. The number of carboxylic acid groups (broad SMARTS) is 1. The van der Waals surface area contributed by atoms with Crippen LogP contribution in [0.5, 0.6) is 0 Å². The summed E-state index contributed by atoms with van der Waals surface area (Å²) in [6, 6.07) is 1.94. The summed E-state index contributed by atoms with van der Waals surface area (Å²) in [6.07, 6.45) is 6.93. The minimum Gasteiger partial charge on any atom is -0.478 e. The van der Waals surface area contributed by atoms with Crippen molar-refractivity contribution in [2.45, 2.75) is 39.2 Å². The van der Waals surface area contributed by atoms with E-state index in [2.05, 4.69) is 6.92 Å². The monoisotopic (exact) mass is 307 g/mol. The number of rotatable bonds is 5. The molecule has 21 heavy (non-hydrogen) atoms. The van der Waals surface area contributed by atoms with E-state index in [-0.39, 0.29) is 11.3 Å². The van der Waals surface area contributed by atoms with Crippen LogP contribution in [0.25, 0.3) is 6.08 Å². The first-order valence-corrected chi connectivity index (χ1v) is 8.03. The maximum absolute atomic E-state index is 12.5. The minimum absolute atomic E-state index is 0.196. The second kappa shape index (κ2) is 6.43. The number of amides is 1. The zero-order chi connectivity index (χ0) is 15.5. The zero-order valence-corrected chi connectivity index (χ0v) is 13.3. The van der Waals surface area contributed by atoms with Gasteiger partial charge in [-0.2, -0.15) is 0 Å². The number of hydrogen-bond acceptors (Lipinski definition) is 3. The molecule has 0 radical (unpaired) electrons. The molecule has 0 atom stereocenters. The smallest absolute Gasteiger partial charge is 0.328 e. The van der Waals surface area contributed by atoms with Gasteiger partial charge in [-0.1, -0.05) is 19.8 Å². The van der Waals surface area contributed by atoms with E-state index in [1.54, 1.807) is 22.3 Å². The highest BCUT2D eigenvalue weighted by Crippen LogP contribution is 2.39. The Balaban J connectivity index is 1.98. The summed E-state index contributed by atoms with van der Waals surface area (Å²) in [5.74, 6) is -0.736. The molecular formula is C16H21NO3S. The minimum atomic E-state index is -0.954.